The van der Waals surface area contributed by atoms with E-state index in [1.807, 2.05) is 6.08 Å². The molecule has 0 aromatic heterocycles. The Morgan fingerprint density at radius 1 is 1.09 bits per heavy atom. The van der Waals surface area contributed by atoms with Crippen molar-refractivity contribution in [1.29, 1.82) is 0 Å². The van der Waals surface area contributed by atoms with E-state index in [1.165, 1.54) is 12.5 Å². The first kappa shape index (κ1) is 25.9. The quantitative estimate of drug-likeness (QED) is 0.468. The zero-order valence-corrected chi connectivity index (χ0v) is 21.0. The number of carbonyl (C=O) groups excluding carboxylic acids is 3. The number of carbonyl (C=O) groups is 4. The van der Waals surface area contributed by atoms with Gasteiger partial charge in [0.05, 0.1) is 12.5 Å². The highest BCUT2D eigenvalue weighted by Crippen LogP contribution is 2.65. The fraction of sp³-hybridized carbons (Fsp3) is 0.778. The summed E-state index contributed by atoms with van der Waals surface area (Å²) in [5.74, 6) is -0.463. The van der Waals surface area contributed by atoms with Gasteiger partial charge < -0.3 is 20.3 Å². The van der Waals surface area contributed by atoms with Gasteiger partial charge in [-0.05, 0) is 81.1 Å². The molecule has 0 aliphatic heterocycles. The lowest BCUT2D eigenvalue weighted by atomic mass is 9.47. The highest BCUT2D eigenvalue weighted by molar-refractivity contribution is 5.91. The molecule has 0 bridgehead atoms. The van der Waals surface area contributed by atoms with Crippen molar-refractivity contribution >= 4 is 23.6 Å². The highest BCUT2D eigenvalue weighted by Gasteiger charge is 2.59. The van der Waals surface area contributed by atoms with Gasteiger partial charge in [-0.15, -0.1) is 0 Å². The molecule has 3 fully saturated rings. The summed E-state index contributed by atoms with van der Waals surface area (Å²) in [7, 11) is 0. The molecule has 0 aromatic carbocycles. The van der Waals surface area contributed by atoms with Crippen molar-refractivity contribution in [3.05, 3.63) is 11.6 Å². The second-order valence-corrected chi connectivity index (χ2v) is 11.7. The maximum atomic E-state index is 12.6. The number of allylic oxidation sites excluding steroid dienone is 1. The lowest BCUT2D eigenvalue weighted by molar-refractivity contribution is -0.160. The summed E-state index contributed by atoms with van der Waals surface area (Å²) < 4.78 is 5.92. The van der Waals surface area contributed by atoms with Crippen LogP contribution in [-0.2, 0) is 23.9 Å². The Morgan fingerprint density at radius 3 is 2.51 bits per heavy atom. The van der Waals surface area contributed by atoms with Gasteiger partial charge in [0.25, 0.3) is 0 Å². The van der Waals surface area contributed by atoms with E-state index in [4.69, 9.17) is 9.84 Å². The van der Waals surface area contributed by atoms with E-state index in [9.17, 15) is 24.3 Å². The minimum atomic E-state index is -1.40. The predicted molar refractivity (Wildman–Crippen MR) is 127 cm³/mol. The van der Waals surface area contributed by atoms with Crippen LogP contribution in [-0.4, -0.2) is 52.1 Å². The van der Waals surface area contributed by atoms with Gasteiger partial charge in [0.15, 0.2) is 11.8 Å². The lowest BCUT2D eigenvalue weighted by Gasteiger charge is -2.57. The van der Waals surface area contributed by atoms with Crippen molar-refractivity contribution in [3.63, 3.8) is 0 Å². The smallest absolute Gasteiger partial charge is 0.328 e. The SMILES string of the molecule is C[C@H](O)[C@H](NC(=O)CCC(=O)O[C@H]1CC[C@H]2[C@@H]3CCC4=CC(=O)CC[C@]4(C)[C@H]3CC[C@]12C)C(=O)O. The number of aliphatic hydroxyl groups excluding tert-OH is 1. The zero-order valence-electron chi connectivity index (χ0n) is 21.0. The van der Waals surface area contributed by atoms with E-state index < -0.39 is 30.0 Å². The maximum Gasteiger partial charge on any atom is 0.328 e. The molecule has 4 aliphatic carbocycles. The first-order chi connectivity index (χ1) is 16.5. The third-order valence-corrected chi connectivity index (χ3v) is 9.77. The van der Waals surface area contributed by atoms with Gasteiger partial charge >= 0.3 is 11.9 Å². The lowest BCUT2D eigenvalue weighted by Crippen LogP contribution is -2.51. The van der Waals surface area contributed by atoms with Crippen LogP contribution in [0.1, 0.15) is 85.0 Å². The number of rotatable bonds is 7. The first-order valence-electron chi connectivity index (χ1n) is 13.1. The summed E-state index contributed by atoms with van der Waals surface area (Å²) in [4.78, 5) is 47.9. The number of carboxylic acid groups (broad SMARTS) is 1. The predicted octanol–water partition coefficient (Wildman–Crippen LogP) is 3.16. The Labute approximate surface area is 206 Å². The number of ketones is 1. The van der Waals surface area contributed by atoms with Gasteiger partial charge in [-0.25, -0.2) is 4.79 Å². The molecule has 35 heavy (non-hydrogen) atoms. The molecular weight excluding hydrogens is 450 g/mol. The van der Waals surface area contributed by atoms with Crippen molar-refractivity contribution in [1.82, 2.24) is 5.32 Å². The number of amides is 1. The average molecular weight is 490 g/mol. The summed E-state index contributed by atoms with van der Waals surface area (Å²) in [5, 5.41) is 20.8. The Kier molecular flexibility index (Phi) is 7.15. The second kappa shape index (κ2) is 9.68. The molecule has 4 aliphatic rings. The summed E-state index contributed by atoms with van der Waals surface area (Å²) in [6.07, 6.45) is 7.78. The van der Waals surface area contributed by atoms with E-state index >= 15 is 0 Å². The molecule has 0 unspecified atom stereocenters. The number of hydrogen-bond donors (Lipinski definition) is 3. The Balaban J connectivity index is 1.35. The van der Waals surface area contributed by atoms with Crippen molar-refractivity contribution in [2.45, 2.75) is 103 Å². The van der Waals surface area contributed by atoms with Crippen LogP contribution in [0.4, 0.5) is 0 Å². The largest absolute Gasteiger partial charge is 0.480 e. The molecular formula is C27H39NO7. The Hall–Kier alpha value is -2.22. The molecule has 3 N–H and O–H groups in total. The van der Waals surface area contributed by atoms with Gasteiger partial charge in [-0.3, -0.25) is 14.4 Å². The normalized spacial score (nSPS) is 37.7. The van der Waals surface area contributed by atoms with Crippen LogP contribution in [0.2, 0.25) is 0 Å². The van der Waals surface area contributed by atoms with Crippen LogP contribution in [0.3, 0.4) is 0 Å². The molecule has 194 valence electrons. The monoisotopic (exact) mass is 489 g/mol. The molecule has 0 radical (unpaired) electrons. The molecule has 1 amide bonds. The zero-order chi connectivity index (χ0) is 25.5. The number of aliphatic carboxylic acids is 1. The van der Waals surface area contributed by atoms with E-state index in [-0.39, 0.29) is 35.6 Å². The fourth-order valence-electron chi connectivity index (χ4n) is 7.77. The van der Waals surface area contributed by atoms with E-state index in [0.717, 1.165) is 44.9 Å². The number of fused-ring (bicyclic) bond motifs is 5. The molecule has 0 heterocycles. The van der Waals surface area contributed by atoms with Crippen molar-refractivity contribution in [2.75, 3.05) is 0 Å². The van der Waals surface area contributed by atoms with Crippen molar-refractivity contribution < 1.29 is 34.1 Å². The van der Waals surface area contributed by atoms with Crippen molar-refractivity contribution in [3.8, 4) is 0 Å². The van der Waals surface area contributed by atoms with Crippen LogP contribution in [0, 0.1) is 28.6 Å². The molecule has 0 aromatic rings. The molecule has 8 nitrogen and oxygen atoms in total. The molecule has 0 spiro atoms. The molecule has 8 atom stereocenters. The second-order valence-electron chi connectivity index (χ2n) is 11.7. The highest BCUT2D eigenvalue weighted by atomic mass is 16.5. The molecule has 4 rings (SSSR count). The minimum Gasteiger partial charge on any atom is -0.480 e. The number of ether oxygens (including phenoxy) is 1. The fourth-order valence-corrected chi connectivity index (χ4v) is 7.77. The van der Waals surface area contributed by atoms with Crippen LogP contribution >= 0.6 is 0 Å². The van der Waals surface area contributed by atoms with E-state index in [0.29, 0.717) is 24.2 Å². The third-order valence-electron chi connectivity index (χ3n) is 9.77. The number of hydrogen-bond acceptors (Lipinski definition) is 6. The minimum absolute atomic E-state index is 0.0815. The summed E-state index contributed by atoms with van der Waals surface area (Å²) in [6, 6.07) is -1.40. The van der Waals surface area contributed by atoms with Gasteiger partial charge in [0.2, 0.25) is 5.91 Å². The van der Waals surface area contributed by atoms with Crippen LogP contribution in [0.25, 0.3) is 0 Å². The molecule has 3 saturated carbocycles. The first-order valence-corrected chi connectivity index (χ1v) is 13.1. The molecule has 8 heteroatoms. The van der Waals surface area contributed by atoms with Gasteiger partial charge in [-0.2, -0.15) is 0 Å². The Morgan fingerprint density at radius 2 is 1.83 bits per heavy atom. The van der Waals surface area contributed by atoms with Crippen LogP contribution in [0.5, 0.6) is 0 Å². The number of nitrogens with one attached hydrogen (secondary N) is 1. The Bertz CT molecular complexity index is 926. The summed E-state index contributed by atoms with van der Waals surface area (Å²) in [6.45, 7) is 5.90. The summed E-state index contributed by atoms with van der Waals surface area (Å²) >= 11 is 0. The average Bonchev–Trinajstić information content (AvgIpc) is 3.12. The molecule has 0 saturated heterocycles. The number of carboxylic acids is 1. The topological polar surface area (TPSA) is 130 Å². The van der Waals surface area contributed by atoms with E-state index in [2.05, 4.69) is 19.2 Å². The van der Waals surface area contributed by atoms with Crippen molar-refractivity contribution in [2.24, 2.45) is 28.6 Å². The van der Waals surface area contributed by atoms with Gasteiger partial charge in [0.1, 0.15) is 6.10 Å². The van der Waals surface area contributed by atoms with Gasteiger partial charge in [-0.1, -0.05) is 19.4 Å². The van der Waals surface area contributed by atoms with E-state index in [1.54, 1.807) is 0 Å². The standard InChI is InChI=1S/C27H39NO7/c1-15(29)24(25(33)34)28-22(31)8-9-23(32)35-21-7-6-19-18-5-4-16-14-17(30)10-12-26(16,2)20(18)11-13-27(19,21)3/h14-15,18-21,24,29H,4-13H2,1-3H3,(H,28,31)(H,33,34)/t15-,18-,19-,20-,21-,24-,26-,27-/m0/s1. The van der Waals surface area contributed by atoms with Gasteiger partial charge in [0, 0.05) is 18.3 Å². The summed E-state index contributed by atoms with van der Waals surface area (Å²) in [5.41, 5.74) is 1.38. The van der Waals surface area contributed by atoms with Crippen LogP contribution in [0.15, 0.2) is 11.6 Å². The number of aliphatic hydroxyl groups is 1. The van der Waals surface area contributed by atoms with Crippen LogP contribution < -0.4 is 5.32 Å². The number of esters is 1. The third kappa shape index (κ3) is 4.78. The maximum absolute atomic E-state index is 12.6.